The number of esters is 1. The Morgan fingerprint density at radius 3 is 2.36 bits per heavy atom. The Morgan fingerprint density at radius 1 is 0.933 bits per heavy atom. The Balaban J connectivity index is 1.52. The van der Waals surface area contributed by atoms with E-state index in [1.165, 1.54) is 13.8 Å². The van der Waals surface area contributed by atoms with Gasteiger partial charge >= 0.3 is 5.97 Å². The number of carbonyl (C=O) groups is 2. The monoisotopic (exact) mass is 605 g/mol. The van der Waals surface area contributed by atoms with Crippen LogP contribution in [0.3, 0.4) is 0 Å². The topological polar surface area (TPSA) is 103 Å². The molecule has 1 aliphatic heterocycles. The van der Waals surface area contributed by atoms with E-state index in [2.05, 4.69) is 50.1 Å². The summed E-state index contributed by atoms with van der Waals surface area (Å²) in [5.74, 6) is -0.0320. The number of anilines is 1. The van der Waals surface area contributed by atoms with E-state index in [1.54, 1.807) is 18.2 Å². The highest BCUT2D eigenvalue weighted by molar-refractivity contribution is 6.08. The van der Waals surface area contributed by atoms with Crippen molar-refractivity contribution in [3.8, 4) is 22.5 Å². The lowest BCUT2D eigenvalue weighted by Gasteiger charge is -2.19. The van der Waals surface area contributed by atoms with Crippen molar-refractivity contribution in [2.45, 2.75) is 53.6 Å². The molecule has 0 saturated heterocycles. The van der Waals surface area contributed by atoms with Crippen LogP contribution in [-0.4, -0.2) is 42.2 Å². The molecule has 232 valence electrons. The van der Waals surface area contributed by atoms with Gasteiger partial charge in [0.05, 0.1) is 18.2 Å². The minimum absolute atomic E-state index is 0.174. The number of ketones is 1. The standard InChI is InChI=1S/C38H40N2O5/c1-7-39-31-21-33-29(19-23(31)3)35(30-20-24(4)32(40-8-2)22-34(30)45-33)27-11-9-10-12-28(27)37(42)44-18-17-25-13-15-26(16-14-25)36(41)38(5,6)43/h9-16,19-22,39,43H,7-8,17-18H2,1-6H3/p+1. The Labute approximate surface area is 263 Å². The maximum atomic E-state index is 13.6. The fourth-order valence-electron chi connectivity index (χ4n) is 5.65. The quantitative estimate of drug-likeness (QED) is 0.109. The predicted molar refractivity (Wildman–Crippen MR) is 178 cm³/mol. The molecule has 0 aromatic heterocycles. The van der Waals surface area contributed by atoms with Crippen LogP contribution in [0.4, 0.5) is 5.69 Å². The molecule has 3 aromatic rings. The summed E-state index contributed by atoms with van der Waals surface area (Å²) >= 11 is 0. The van der Waals surface area contributed by atoms with Crippen LogP contribution in [0.1, 0.15) is 65.1 Å². The zero-order valence-electron chi connectivity index (χ0n) is 26.8. The smallest absolute Gasteiger partial charge is 0.338 e. The third-order valence-electron chi connectivity index (χ3n) is 7.96. The molecule has 0 bridgehead atoms. The highest BCUT2D eigenvalue weighted by atomic mass is 16.5. The largest absolute Gasteiger partial charge is 0.462 e. The molecule has 0 saturated carbocycles. The van der Waals surface area contributed by atoms with E-state index in [0.717, 1.165) is 74.2 Å². The van der Waals surface area contributed by atoms with Crippen molar-refractivity contribution >= 4 is 28.4 Å². The maximum Gasteiger partial charge on any atom is 0.338 e. The van der Waals surface area contributed by atoms with Crippen molar-refractivity contribution in [1.29, 1.82) is 0 Å². The molecular formula is C38H41N2O5+. The zero-order valence-corrected chi connectivity index (χ0v) is 26.8. The fraction of sp³-hybridized carbons (Fsp3) is 0.289. The molecule has 1 aliphatic carbocycles. The highest BCUT2D eigenvalue weighted by Gasteiger charge is 2.26. The first-order chi connectivity index (χ1) is 21.5. The van der Waals surface area contributed by atoms with Crippen LogP contribution in [-0.2, 0) is 11.2 Å². The fourth-order valence-corrected chi connectivity index (χ4v) is 5.65. The summed E-state index contributed by atoms with van der Waals surface area (Å²) in [5.41, 5.74) is 6.89. The third kappa shape index (κ3) is 6.69. The van der Waals surface area contributed by atoms with Crippen molar-refractivity contribution in [1.82, 2.24) is 0 Å². The lowest BCUT2D eigenvalue weighted by Crippen LogP contribution is -2.76. The summed E-state index contributed by atoms with van der Waals surface area (Å²) in [6, 6.07) is 22.9. The Bertz CT molecular complexity index is 1910. The number of hydrogen-bond donors (Lipinski definition) is 3. The minimum atomic E-state index is -1.44. The van der Waals surface area contributed by atoms with E-state index in [-0.39, 0.29) is 12.4 Å². The number of rotatable bonds is 10. The average molecular weight is 606 g/mol. The van der Waals surface area contributed by atoms with Crippen LogP contribution in [0.2, 0.25) is 0 Å². The van der Waals surface area contributed by atoms with E-state index in [4.69, 9.17) is 9.15 Å². The molecule has 3 aromatic carbocycles. The first-order valence-corrected chi connectivity index (χ1v) is 15.5. The summed E-state index contributed by atoms with van der Waals surface area (Å²) in [7, 11) is 0. The zero-order chi connectivity index (χ0) is 32.3. The molecular weight excluding hydrogens is 564 g/mol. The number of carbonyl (C=O) groups excluding carboxylic acids is 2. The summed E-state index contributed by atoms with van der Waals surface area (Å²) < 4.78 is 12.3. The lowest BCUT2D eigenvalue weighted by molar-refractivity contribution is -0.496. The van der Waals surface area contributed by atoms with Crippen LogP contribution in [0.15, 0.2) is 77.2 Å². The number of benzene rings is 4. The van der Waals surface area contributed by atoms with E-state index < -0.39 is 11.6 Å². The maximum absolute atomic E-state index is 13.6. The first-order valence-electron chi connectivity index (χ1n) is 15.5. The molecule has 3 N–H and O–H groups in total. The molecule has 0 fully saturated rings. The van der Waals surface area contributed by atoms with Gasteiger partial charge in [0.25, 0.3) is 0 Å². The number of nitrogens with one attached hydrogen (secondary N) is 2. The van der Waals surface area contributed by atoms with Crippen LogP contribution in [0.25, 0.3) is 33.4 Å². The second kappa shape index (κ2) is 13.1. The highest BCUT2D eigenvalue weighted by Crippen LogP contribution is 2.43. The molecule has 0 atom stereocenters. The van der Waals surface area contributed by atoms with E-state index in [1.807, 2.05) is 42.5 Å². The van der Waals surface area contributed by atoms with Gasteiger partial charge in [-0.1, -0.05) is 42.5 Å². The van der Waals surface area contributed by atoms with Gasteiger partial charge in [-0.05, 0) is 76.4 Å². The summed E-state index contributed by atoms with van der Waals surface area (Å²) in [4.78, 5) is 29.4. The number of fused-ring (bicyclic) bond motifs is 2. The third-order valence-corrected chi connectivity index (χ3v) is 7.96. The first kappa shape index (κ1) is 31.7. The minimum Gasteiger partial charge on any atom is -0.462 e. The molecule has 0 amide bonds. The van der Waals surface area contributed by atoms with Crippen molar-refractivity contribution in [3.05, 3.63) is 106 Å². The average Bonchev–Trinajstić information content (AvgIpc) is 3.01. The van der Waals surface area contributed by atoms with E-state index in [0.29, 0.717) is 17.5 Å². The SMILES string of the molecule is CCNc1cc2oc3cc(=[NH+]CC)c(C)cc-3c(-c3ccccc3C(=O)OCCc3ccc(C(=O)C(C)(C)O)cc3)c2cc1C. The van der Waals surface area contributed by atoms with E-state index >= 15 is 0 Å². The van der Waals surface area contributed by atoms with Crippen LogP contribution in [0, 0.1) is 13.8 Å². The number of ether oxygens (including phenoxy) is 1. The van der Waals surface area contributed by atoms with Crippen LogP contribution >= 0.6 is 0 Å². The summed E-state index contributed by atoms with van der Waals surface area (Å²) in [6.07, 6.45) is 0.486. The van der Waals surface area contributed by atoms with E-state index in [9.17, 15) is 14.7 Å². The molecule has 1 heterocycles. The number of aliphatic hydroxyl groups is 1. The van der Waals surface area contributed by atoms with Crippen LogP contribution < -0.4 is 15.7 Å². The molecule has 0 radical (unpaired) electrons. The van der Waals surface area contributed by atoms with Gasteiger partial charge in [-0.2, -0.15) is 0 Å². The molecule has 0 unspecified atom stereocenters. The second-order valence-corrected chi connectivity index (χ2v) is 11.9. The Kier molecular flexibility index (Phi) is 9.21. The van der Waals surface area contributed by atoms with Gasteiger partial charge in [0.1, 0.15) is 23.5 Å². The number of Topliss-reactive ketones (excluding diaryl/α,β-unsaturated/α-hetero) is 1. The van der Waals surface area contributed by atoms with Gasteiger partial charge in [0.15, 0.2) is 5.78 Å². The summed E-state index contributed by atoms with van der Waals surface area (Å²) in [6.45, 7) is 13.0. The van der Waals surface area contributed by atoms with Gasteiger partial charge in [-0.3, -0.25) is 4.79 Å². The second-order valence-electron chi connectivity index (χ2n) is 11.9. The van der Waals surface area contributed by atoms with Gasteiger partial charge in [0, 0.05) is 52.4 Å². The van der Waals surface area contributed by atoms with Gasteiger partial charge in [0.2, 0.25) is 5.36 Å². The van der Waals surface area contributed by atoms with Crippen molar-refractivity contribution < 1.29 is 28.8 Å². The predicted octanol–water partition coefficient (Wildman–Crippen LogP) is 5.61. The van der Waals surface area contributed by atoms with Crippen molar-refractivity contribution in [2.24, 2.45) is 0 Å². The molecule has 45 heavy (non-hydrogen) atoms. The molecule has 5 rings (SSSR count). The number of aryl methyl sites for hydroxylation is 2. The normalized spacial score (nSPS) is 12.1. The lowest BCUT2D eigenvalue weighted by atomic mass is 9.89. The molecule has 7 heteroatoms. The van der Waals surface area contributed by atoms with Crippen LogP contribution in [0.5, 0.6) is 0 Å². The Morgan fingerprint density at radius 2 is 1.67 bits per heavy atom. The molecule has 2 aliphatic rings. The van der Waals surface area contributed by atoms with Crippen molar-refractivity contribution in [2.75, 3.05) is 25.0 Å². The van der Waals surface area contributed by atoms with Gasteiger partial charge < -0.3 is 19.6 Å². The molecule has 0 spiro atoms. The van der Waals surface area contributed by atoms with Gasteiger partial charge in [-0.25, -0.2) is 9.79 Å². The number of hydrogen-bond acceptors (Lipinski definition) is 6. The Hall–Kier alpha value is -4.75. The summed E-state index contributed by atoms with van der Waals surface area (Å²) in [5, 5.41) is 15.4. The molecule has 7 nitrogen and oxygen atoms in total. The van der Waals surface area contributed by atoms with Crippen molar-refractivity contribution in [3.63, 3.8) is 0 Å². The van der Waals surface area contributed by atoms with Gasteiger partial charge in [-0.15, -0.1) is 0 Å².